The number of carbonyl (C=O) groups excluding carboxylic acids is 3. The summed E-state index contributed by atoms with van der Waals surface area (Å²) < 4.78 is 10.1. The summed E-state index contributed by atoms with van der Waals surface area (Å²) in [7, 11) is 1.46. The number of ether oxygens (including phenoxy) is 2. The predicted molar refractivity (Wildman–Crippen MR) is 82.8 cm³/mol. The molecule has 6 nitrogen and oxygen atoms in total. The molecule has 0 spiro atoms. The smallest absolute Gasteiger partial charge is 0.346 e. The number of nitrogens with one attached hydrogen (secondary N) is 1. The number of hydrogen-bond donors (Lipinski definition) is 1. The van der Waals surface area contributed by atoms with Crippen LogP contribution in [0.2, 0.25) is 0 Å². The van der Waals surface area contributed by atoms with Gasteiger partial charge in [-0.3, -0.25) is 4.79 Å². The summed E-state index contributed by atoms with van der Waals surface area (Å²) in [6.07, 6.45) is 0. The highest BCUT2D eigenvalue weighted by Gasteiger charge is 2.29. The summed E-state index contributed by atoms with van der Waals surface area (Å²) in [5.74, 6) is -1.47. The fourth-order valence-corrected chi connectivity index (χ4v) is 2.74. The van der Waals surface area contributed by atoms with Crippen molar-refractivity contribution in [2.24, 2.45) is 0 Å². The van der Waals surface area contributed by atoms with Crippen molar-refractivity contribution in [2.45, 2.75) is 6.54 Å². The van der Waals surface area contributed by atoms with Crippen LogP contribution in [0.25, 0.3) is 10.8 Å². The lowest BCUT2D eigenvalue weighted by Crippen LogP contribution is -2.25. The highest BCUT2D eigenvalue weighted by Crippen LogP contribution is 2.36. The average Bonchev–Trinajstić information content (AvgIpc) is 2.56. The fraction of sp³-hybridized carbons (Fsp3) is 0.188. The molecule has 1 amide bonds. The number of carbonyl (C=O) groups is 3. The zero-order chi connectivity index (χ0) is 16.6. The lowest BCUT2D eigenvalue weighted by molar-refractivity contribution is -0.118. The van der Waals surface area contributed by atoms with Gasteiger partial charge < -0.3 is 14.8 Å². The zero-order valence-electron chi connectivity index (χ0n) is 12.1. The summed E-state index contributed by atoms with van der Waals surface area (Å²) in [4.78, 5) is 35.3. The van der Waals surface area contributed by atoms with Gasteiger partial charge in [-0.25, -0.2) is 9.59 Å². The van der Waals surface area contributed by atoms with Gasteiger partial charge in [-0.1, -0.05) is 12.1 Å². The van der Waals surface area contributed by atoms with Crippen molar-refractivity contribution in [3.8, 4) is 5.75 Å². The standard InChI is InChI=1S/C16H12ClNO5/c1-22-12-5-10-14-8(11(12)7-18-13(19)6-17)3-2-4-9(14)15(20)23-16(10)21/h2-5H,6-7H2,1H3,(H,18,19). The monoisotopic (exact) mass is 333 g/mol. The molecule has 0 aromatic heterocycles. The van der Waals surface area contributed by atoms with Crippen LogP contribution in [-0.2, 0) is 16.1 Å². The van der Waals surface area contributed by atoms with Crippen molar-refractivity contribution in [2.75, 3.05) is 13.0 Å². The number of hydrogen-bond acceptors (Lipinski definition) is 5. The van der Waals surface area contributed by atoms with E-state index < -0.39 is 11.9 Å². The number of rotatable bonds is 4. The molecule has 0 atom stereocenters. The Hall–Kier alpha value is -2.60. The number of methoxy groups -OCH3 is 1. The van der Waals surface area contributed by atoms with E-state index in [9.17, 15) is 14.4 Å². The van der Waals surface area contributed by atoms with Gasteiger partial charge in [0.2, 0.25) is 5.91 Å². The van der Waals surface area contributed by atoms with E-state index in [1.54, 1.807) is 18.2 Å². The van der Waals surface area contributed by atoms with Crippen LogP contribution in [0.15, 0.2) is 24.3 Å². The van der Waals surface area contributed by atoms with E-state index in [0.29, 0.717) is 27.6 Å². The molecule has 7 heteroatoms. The first-order valence-electron chi connectivity index (χ1n) is 6.78. The van der Waals surface area contributed by atoms with Crippen LogP contribution in [0.4, 0.5) is 0 Å². The van der Waals surface area contributed by atoms with Crippen molar-refractivity contribution in [1.82, 2.24) is 5.32 Å². The first-order valence-corrected chi connectivity index (χ1v) is 7.32. The third-order valence-corrected chi connectivity index (χ3v) is 3.90. The summed E-state index contributed by atoms with van der Waals surface area (Å²) in [5, 5.41) is 3.81. The van der Waals surface area contributed by atoms with Crippen molar-refractivity contribution >= 4 is 40.2 Å². The van der Waals surface area contributed by atoms with Crippen molar-refractivity contribution in [3.63, 3.8) is 0 Å². The quantitative estimate of drug-likeness (QED) is 0.526. The molecule has 0 fully saturated rings. The molecule has 0 aliphatic carbocycles. The van der Waals surface area contributed by atoms with Crippen molar-refractivity contribution in [3.05, 3.63) is 41.0 Å². The number of benzene rings is 2. The first kappa shape index (κ1) is 15.3. The molecule has 3 rings (SSSR count). The molecule has 118 valence electrons. The van der Waals surface area contributed by atoms with Gasteiger partial charge >= 0.3 is 11.9 Å². The average molecular weight is 334 g/mol. The maximum absolute atomic E-state index is 12.0. The molecule has 1 heterocycles. The van der Waals surface area contributed by atoms with Crippen LogP contribution in [0.1, 0.15) is 26.3 Å². The minimum Gasteiger partial charge on any atom is -0.496 e. The molecule has 1 N–H and O–H groups in total. The summed E-state index contributed by atoms with van der Waals surface area (Å²) in [6, 6.07) is 6.56. The van der Waals surface area contributed by atoms with E-state index in [-0.39, 0.29) is 23.9 Å². The number of halogens is 1. The topological polar surface area (TPSA) is 81.7 Å². The maximum atomic E-state index is 12.0. The van der Waals surface area contributed by atoms with Gasteiger partial charge in [-0.05, 0) is 17.5 Å². The van der Waals surface area contributed by atoms with Gasteiger partial charge in [0, 0.05) is 17.5 Å². The molecule has 2 aromatic rings. The van der Waals surface area contributed by atoms with Gasteiger partial charge in [0.15, 0.2) is 0 Å². The molecule has 0 saturated carbocycles. The number of amides is 1. The Morgan fingerprint density at radius 2 is 2.00 bits per heavy atom. The number of alkyl halides is 1. The highest BCUT2D eigenvalue weighted by atomic mass is 35.5. The van der Waals surface area contributed by atoms with E-state index >= 15 is 0 Å². The Bertz CT molecular complexity index is 846. The van der Waals surface area contributed by atoms with Crippen LogP contribution in [0, 0.1) is 0 Å². The molecule has 0 bridgehead atoms. The Morgan fingerprint density at radius 1 is 1.26 bits per heavy atom. The minimum absolute atomic E-state index is 0.158. The predicted octanol–water partition coefficient (Wildman–Crippen LogP) is 2.01. The van der Waals surface area contributed by atoms with Crippen molar-refractivity contribution < 1.29 is 23.9 Å². The Morgan fingerprint density at radius 3 is 2.70 bits per heavy atom. The fourth-order valence-electron chi connectivity index (χ4n) is 2.64. The Balaban J connectivity index is 2.25. The summed E-state index contributed by atoms with van der Waals surface area (Å²) in [6.45, 7) is 0.165. The molecule has 0 radical (unpaired) electrons. The van der Waals surface area contributed by atoms with E-state index in [0.717, 1.165) is 0 Å². The van der Waals surface area contributed by atoms with Crippen LogP contribution in [0.5, 0.6) is 5.75 Å². The van der Waals surface area contributed by atoms with E-state index in [1.165, 1.54) is 13.2 Å². The van der Waals surface area contributed by atoms with Gasteiger partial charge in [-0.15, -0.1) is 11.6 Å². The second kappa shape index (κ2) is 5.89. The van der Waals surface area contributed by atoms with Crippen LogP contribution < -0.4 is 10.1 Å². The molecule has 1 aliphatic rings. The van der Waals surface area contributed by atoms with Gasteiger partial charge in [0.25, 0.3) is 0 Å². The SMILES string of the molecule is COc1cc2c3c(cccc3c1CNC(=O)CCl)C(=O)OC2=O. The molecule has 0 saturated heterocycles. The molecular weight excluding hydrogens is 322 g/mol. The summed E-state index contributed by atoms with van der Waals surface area (Å²) >= 11 is 5.48. The first-order chi connectivity index (χ1) is 11.1. The second-order valence-electron chi connectivity index (χ2n) is 4.92. The lowest BCUT2D eigenvalue weighted by atomic mass is 9.93. The largest absolute Gasteiger partial charge is 0.496 e. The van der Waals surface area contributed by atoms with Gasteiger partial charge in [0.1, 0.15) is 11.6 Å². The third kappa shape index (κ3) is 2.51. The molecule has 2 aromatic carbocycles. The Kier molecular flexibility index (Phi) is 3.92. The van der Waals surface area contributed by atoms with E-state index in [4.69, 9.17) is 21.1 Å². The summed E-state index contributed by atoms with van der Waals surface area (Å²) in [5.41, 5.74) is 1.23. The molecular formula is C16H12ClNO5. The molecule has 23 heavy (non-hydrogen) atoms. The minimum atomic E-state index is -0.714. The van der Waals surface area contributed by atoms with Crippen molar-refractivity contribution in [1.29, 1.82) is 0 Å². The van der Waals surface area contributed by atoms with Gasteiger partial charge in [0.05, 0.1) is 18.2 Å². The lowest BCUT2D eigenvalue weighted by Gasteiger charge is -2.20. The van der Waals surface area contributed by atoms with Gasteiger partial charge in [-0.2, -0.15) is 0 Å². The van der Waals surface area contributed by atoms with E-state index in [2.05, 4.69) is 5.32 Å². The van der Waals surface area contributed by atoms with Crippen LogP contribution in [-0.4, -0.2) is 30.8 Å². The molecule has 0 unspecified atom stereocenters. The number of esters is 2. The highest BCUT2D eigenvalue weighted by molar-refractivity contribution is 6.27. The van der Waals surface area contributed by atoms with Crippen LogP contribution in [0.3, 0.4) is 0 Å². The van der Waals surface area contributed by atoms with E-state index in [1.807, 2.05) is 0 Å². The number of cyclic esters (lactones) is 2. The van der Waals surface area contributed by atoms with Crippen LogP contribution >= 0.6 is 11.6 Å². The molecule has 1 aliphatic heterocycles. The maximum Gasteiger partial charge on any atom is 0.346 e. The third-order valence-electron chi connectivity index (χ3n) is 3.66. The second-order valence-corrected chi connectivity index (χ2v) is 5.19. The zero-order valence-corrected chi connectivity index (χ0v) is 12.9. The Labute approximate surface area is 136 Å². The normalized spacial score (nSPS) is 13.0.